The van der Waals surface area contributed by atoms with E-state index >= 15 is 0 Å². The van der Waals surface area contributed by atoms with E-state index in [4.69, 9.17) is 0 Å². The fourth-order valence-corrected chi connectivity index (χ4v) is 2.71. The Bertz CT molecular complexity index is 954. The third-order valence-electron chi connectivity index (χ3n) is 3.60. The number of thiazole rings is 1. The van der Waals surface area contributed by atoms with Gasteiger partial charge in [0.05, 0.1) is 5.69 Å². The zero-order valence-electron chi connectivity index (χ0n) is 14.0. The van der Waals surface area contributed by atoms with Gasteiger partial charge >= 0.3 is 0 Å². The van der Waals surface area contributed by atoms with E-state index in [0.717, 1.165) is 0 Å². The number of halogens is 1. The third-order valence-corrected chi connectivity index (χ3v) is 4.29. The molecule has 2 N–H and O–H groups in total. The average Bonchev–Trinajstić information content (AvgIpc) is 3.22. The molecular formula is C16H15FN6O2S. The average molecular weight is 374 g/mol. The molecule has 2 aromatic heterocycles. The molecule has 0 aliphatic heterocycles. The van der Waals surface area contributed by atoms with Crippen molar-refractivity contribution in [2.45, 2.75) is 20.4 Å². The van der Waals surface area contributed by atoms with Crippen LogP contribution in [-0.4, -0.2) is 31.8 Å². The van der Waals surface area contributed by atoms with E-state index in [1.807, 2.05) is 0 Å². The maximum absolute atomic E-state index is 13.6. The first kappa shape index (κ1) is 17.7. The van der Waals surface area contributed by atoms with Crippen molar-refractivity contribution in [2.24, 2.45) is 0 Å². The molecule has 0 unspecified atom stereocenters. The van der Waals surface area contributed by atoms with Crippen LogP contribution in [0.1, 0.15) is 21.7 Å². The monoisotopic (exact) mass is 374 g/mol. The molecule has 0 atom stereocenters. The van der Waals surface area contributed by atoms with Gasteiger partial charge in [-0.2, -0.15) is 0 Å². The van der Waals surface area contributed by atoms with Crippen LogP contribution < -0.4 is 10.6 Å². The Morgan fingerprint density at radius 3 is 2.77 bits per heavy atom. The van der Waals surface area contributed by atoms with Crippen LogP contribution in [-0.2, 0) is 11.3 Å². The molecule has 2 heterocycles. The number of aromatic nitrogens is 4. The van der Waals surface area contributed by atoms with E-state index in [1.54, 1.807) is 37.6 Å². The van der Waals surface area contributed by atoms with Crippen molar-refractivity contribution in [3.05, 3.63) is 52.5 Å². The van der Waals surface area contributed by atoms with Gasteiger partial charge in [-0.1, -0.05) is 11.3 Å². The topological polar surface area (TPSA) is 102 Å². The molecule has 0 aliphatic carbocycles. The minimum Gasteiger partial charge on any atom is -0.320 e. The summed E-state index contributed by atoms with van der Waals surface area (Å²) in [5.74, 6) is -1.28. The largest absolute Gasteiger partial charge is 0.320 e. The lowest BCUT2D eigenvalue weighted by Crippen LogP contribution is -2.20. The quantitative estimate of drug-likeness (QED) is 0.714. The van der Waals surface area contributed by atoms with Gasteiger partial charge in [0.25, 0.3) is 5.91 Å². The highest BCUT2D eigenvalue weighted by Crippen LogP contribution is 2.15. The van der Waals surface area contributed by atoms with Crippen molar-refractivity contribution in [2.75, 3.05) is 10.6 Å². The fraction of sp³-hybridized carbons (Fsp3) is 0.188. The lowest BCUT2D eigenvalue weighted by Gasteiger charge is -2.06. The molecular weight excluding hydrogens is 359 g/mol. The summed E-state index contributed by atoms with van der Waals surface area (Å²) in [6, 6.07) is 4.39. The molecule has 0 bridgehead atoms. The molecule has 2 amide bonds. The molecule has 0 aliphatic rings. The summed E-state index contributed by atoms with van der Waals surface area (Å²) in [6.07, 6.45) is 1.58. The summed E-state index contributed by atoms with van der Waals surface area (Å²) in [7, 11) is 0. The molecule has 26 heavy (non-hydrogen) atoms. The Kier molecular flexibility index (Phi) is 5.03. The second kappa shape index (κ2) is 7.40. The third kappa shape index (κ3) is 3.91. The van der Waals surface area contributed by atoms with Crippen LogP contribution >= 0.6 is 11.3 Å². The van der Waals surface area contributed by atoms with Gasteiger partial charge in [0.1, 0.15) is 12.4 Å². The SMILES string of the molecule is Cc1ccc(NC(=O)c2nnn(CC(=O)Nc3nccs3)c2C)cc1F. The number of benzene rings is 1. The molecule has 3 rings (SSSR count). The lowest BCUT2D eigenvalue weighted by molar-refractivity contribution is -0.117. The predicted molar refractivity (Wildman–Crippen MR) is 94.6 cm³/mol. The summed E-state index contributed by atoms with van der Waals surface area (Å²) >= 11 is 1.30. The summed E-state index contributed by atoms with van der Waals surface area (Å²) in [5, 5.41) is 15.1. The molecule has 8 nitrogen and oxygen atoms in total. The van der Waals surface area contributed by atoms with Crippen LogP contribution in [0.2, 0.25) is 0 Å². The van der Waals surface area contributed by atoms with E-state index < -0.39 is 11.7 Å². The molecule has 0 radical (unpaired) electrons. The second-order valence-electron chi connectivity index (χ2n) is 5.48. The Morgan fingerprint density at radius 2 is 2.08 bits per heavy atom. The van der Waals surface area contributed by atoms with E-state index in [2.05, 4.69) is 25.9 Å². The molecule has 134 valence electrons. The van der Waals surface area contributed by atoms with Gasteiger partial charge in [0.15, 0.2) is 10.8 Å². The highest BCUT2D eigenvalue weighted by Gasteiger charge is 2.18. The van der Waals surface area contributed by atoms with Crippen molar-refractivity contribution in [1.29, 1.82) is 0 Å². The minimum absolute atomic E-state index is 0.0630. The fourth-order valence-electron chi connectivity index (χ4n) is 2.16. The number of carbonyl (C=O) groups is 2. The predicted octanol–water partition coefficient (Wildman–Crippen LogP) is 2.38. The number of anilines is 2. The van der Waals surface area contributed by atoms with Gasteiger partial charge in [0.2, 0.25) is 5.91 Å². The van der Waals surface area contributed by atoms with Gasteiger partial charge in [-0.15, -0.1) is 16.4 Å². The van der Waals surface area contributed by atoms with E-state index in [1.165, 1.54) is 22.1 Å². The highest BCUT2D eigenvalue weighted by molar-refractivity contribution is 7.13. The van der Waals surface area contributed by atoms with Crippen molar-refractivity contribution in [1.82, 2.24) is 20.0 Å². The summed E-state index contributed by atoms with van der Waals surface area (Å²) in [4.78, 5) is 28.3. The van der Waals surface area contributed by atoms with Crippen LogP contribution in [0.15, 0.2) is 29.8 Å². The second-order valence-corrected chi connectivity index (χ2v) is 6.38. The van der Waals surface area contributed by atoms with Crippen molar-refractivity contribution >= 4 is 34.0 Å². The Labute approximate surface area is 152 Å². The van der Waals surface area contributed by atoms with Gasteiger partial charge in [-0.05, 0) is 31.5 Å². The van der Waals surface area contributed by atoms with Crippen molar-refractivity contribution < 1.29 is 14.0 Å². The number of amides is 2. The first-order chi connectivity index (χ1) is 12.4. The number of nitrogens with one attached hydrogen (secondary N) is 2. The number of hydrogen-bond acceptors (Lipinski definition) is 6. The highest BCUT2D eigenvalue weighted by atomic mass is 32.1. The van der Waals surface area contributed by atoms with Gasteiger partial charge in [-0.3, -0.25) is 9.59 Å². The van der Waals surface area contributed by atoms with E-state index in [9.17, 15) is 14.0 Å². The number of hydrogen-bond donors (Lipinski definition) is 2. The van der Waals surface area contributed by atoms with Crippen LogP contribution in [0.4, 0.5) is 15.2 Å². The van der Waals surface area contributed by atoms with Crippen LogP contribution in [0.5, 0.6) is 0 Å². The number of aryl methyl sites for hydroxylation is 1. The summed E-state index contributed by atoms with van der Waals surface area (Å²) in [5.41, 5.74) is 1.28. The zero-order chi connectivity index (χ0) is 18.7. The Hall–Kier alpha value is -3.14. The molecule has 1 aromatic carbocycles. The molecule has 10 heteroatoms. The van der Waals surface area contributed by atoms with Gasteiger partial charge in [0, 0.05) is 17.3 Å². The lowest BCUT2D eigenvalue weighted by atomic mass is 10.2. The summed E-state index contributed by atoms with van der Waals surface area (Å²) < 4.78 is 14.9. The first-order valence-corrected chi connectivity index (χ1v) is 8.49. The number of carbonyl (C=O) groups excluding carboxylic acids is 2. The summed E-state index contributed by atoms with van der Waals surface area (Å²) in [6.45, 7) is 3.15. The van der Waals surface area contributed by atoms with E-state index in [0.29, 0.717) is 22.1 Å². The van der Waals surface area contributed by atoms with Crippen LogP contribution in [0.3, 0.4) is 0 Å². The number of nitrogens with zero attached hydrogens (tertiary/aromatic N) is 4. The zero-order valence-corrected chi connectivity index (χ0v) is 14.8. The molecule has 0 saturated carbocycles. The van der Waals surface area contributed by atoms with Crippen molar-refractivity contribution in [3.63, 3.8) is 0 Å². The van der Waals surface area contributed by atoms with Crippen LogP contribution in [0.25, 0.3) is 0 Å². The normalized spacial score (nSPS) is 10.6. The molecule has 0 fully saturated rings. The maximum atomic E-state index is 13.6. The van der Waals surface area contributed by atoms with Gasteiger partial charge in [-0.25, -0.2) is 14.1 Å². The maximum Gasteiger partial charge on any atom is 0.278 e. The number of rotatable bonds is 5. The van der Waals surface area contributed by atoms with E-state index in [-0.39, 0.29) is 18.1 Å². The standard InChI is InChI=1S/C16H15FN6O2S/c1-9-3-4-11(7-12(9)17)19-15(25)14-10(2)23(22-21-14)8-13(24)20-16-18-5-6-26-16/h3-7H,8H2,1-2H3,(H,19,25)(H,18,20,24). The smallest absolute Gasteiger partial charge is 0.278 e. The Balaban J connectivity index is 1.68. The van der Waals surface area contributed by atoms with Gasteiger partial charge < -0.3 is 10.6 Å². The molecule has 3 aromatic rings. The molecule has 0 spiro atoms. The minimum atomic E-state index is -0.530. The Morgan fingerprint density at radius 1 is 1.27 bits per heavy atom. The van der Waals surface area contributed by atoms with Crippen molar-refractivity contribution in [3.8, 4) is 0 Å². The molecule has 0 saturated heterocycles. The van der Waals surface area contributed by atoms with Crippen LogP contribution in [0, 0.1) is 19.7 Å². The first-order valence-electron chi connectivity index (χ1n) is 7.61.